The molecule has 0 radical (unpaired) electrons. The van der Waals surface area contributed by atoms with Gasteiger partial charge in [0.25, 0.3) is 5.91 Å². The Hall–Kier alpha value is -1.79. The fourth-order valence-electron chi connectivity index (χ4n) is 4.32. The first-order chi connectivity index (χ1) is 14.1. The van der Waals surface area contributed by atoms with Crippen molar-refractivity contribution in [3.63, 3.8) is 0 Å². The maximum absolute atomic E-state index is 12.4. The van der Waals surface area contributed by atoms with E-state index in [4.69, 9.17) is 16.3 Å². The molecule has 1 N–H and O–H groups in total. The van der Waals surface area contributed by atoms with E-state index >= 15 is 0 Å². The topological polar surface area (TPSA) is 61.9 Å². The molecule has 3 fully saturated rings. The summed E-state index contributed by atoms with van der Waals surface area (Å²) < 4.78 is 5.59. The predicted octanol–water partition coefficient (Wildman–Crippen LogP) is 2.70. The third-order valence-electron chi connectivity index (χ3n) is 6.33. The molecule has 2 aliphatic heterocycles. The minimum Gasteiger partial charge on any atom is -0.484 e. The van der Waals surface area contributed by atoms with E-state index in [0.29, 0.717) is 22.9 Å². The molecule has 1 aromatic carbocycles. The van der Waals surface area contributed by atoms with E-state index in [-0.39, 0.29) is 24.3 Å². The molecule has 6 nitrogen and oxygen atoms in total. The number of hydrogen-bond acceptors (Lipinski definition) is 4. The number of ether oxygens (including phenoxy) is 1. The summed E-state index contributed by atoms with van der Waals surface area (Å²) in [4.78, 5) is 29.1. The maximum atomic E-state index is 12.4. The summed E-state index contributed by atoms with van der Waals surface area (Å²) in [5.74, 6) is 1.13. The minimum atomic E-state index is 0.0360. The van der Waals surface area contributed by atoms with Crippen molar-refractivity contribution in [1.29, 1.82) is 0 Å². The lowest BCUT2D eigenvalue weighted by Gasteiger charge is -2.41. The van der Waals surface area contributed by atoms with E-state index in [2.05, 4.69) is 10.2 Å². The van der Waals surface area contributed by atoms with Gasteiger partial charge in [-0.05, 0) is 75.9 Å². The second kappa shape index (κ2) is 9.35. The Morgan fingerprint density at radius 3 is 2.24 bits per heavy atom. The van der Waals surface area contributed by atoms with E-state index in [1.165, 1.54) is 0 Å². The maximum Gasteiger partial charge on any atom is 0.260 e. The number of piperidine rings is 2. The number of amides is 2. The monoisotopic (exact) mass is 419 g/mol. The van der Waals surface area contributed by atoms with Gasteiger partial charge in [0.2, 0.25) is 5.91 Å². The van der Waals surface area contributed by atoms with E-state index in [9.17, 15) is 9.59 Å². The SMILES string of the molecule is O=C(NC1CC1)C1CCN(C2CCN(C(=O)COc3ccc(Cl)cc3)CC2)CC1. The average Bonchev–Trinajstić information content (AvgIpc) is 3.57. The van der Waals surface area contributed by atoms with Crippen LogP contribution in [0.25, 0.3) is 0 Å². The zero-order valence-electron chi connectivity index (χ0n) is 16.8. The molecule has 2 heterocycles. The van der Waals surface area contributed by atoms with Gasteiger partial charge < -0.3 is 19.9 Å². The van der Waals surface area contributed by atoms with Gasteiger partial charge >= 0.3 is 0 Å². The molecule has 0 spiro atoms. The van der Waals surface area contributed by atoms with Gasteiger partial charge in [-0.3, -0.25) is 9.59 Å². The van der Waals surface area contributed by atoms with Gasteiger partial charge in [0.05, 0.1) is 0 Å². The summed E-state index contributed by atoms with van der Waals surface area (Å²) in [5.41, 5.74) is 0. The highest BCUT2D eigenvalue weighted by atomic mass is 35.5. The molecule has 1 saturated carbocycles. The molecule has 29 heavy (non-hydrogen) atoms. The molecular formula is C22H30ClN3O3. The number of carbonyl (C=O) groups excluding carboxylic acids is 2. The van der Waals surface area contributed by atoms with Gasteiger partial charge in [0.1, 0.15) is 5.75 Å². The summed E-state index contributed by atoms with van der Waals surface area (Å²) in [6.45, 7) is 3.58. The lowest BCUT2D eigenvalue weighted by atomic mass is 9.92. The first-order valence-electron chi connectivity index (χ1n) is 10.8. The summed E-state index contributed by atoms with van der Waals surface area (Å²) >= 11 is 5.87. The van der Waals surface area contributed by atoms with Crippen molar-refractivity contribution in [2.45, 2.75) is 50.6 Å². The number of likely N-dealkylation sites (tertiary alicyclic amines) is 2. The van der Waals surface area contributed by atoms with E-state index in [1.54, 1.807) is 24.3 Å². The zero-order chi connectivity index (χ0) is 20.2. The molecule has 3 aliphatic rings. The molecular weight excluding hydrogens is 390 g/mol. The smallest absolute Gasteiger partial charge is 0.260 e. The second-order valence-electron chi connectivity index (χ2n) is 8.45. The lowest BCUT2D eigenvalue weighted by Crippen LogP contribution is -2.50. The van der Waals surface area contributed by atoms with Crippen molar-refractivity contribution in [2.75, 3.05) is 32.8 Å². The van der Waals surface area contributed by atoms with Crippen LogP contribution in [-0.4, -0.2) is 66.5 Å². The Bertz CT molecular complexity index is 707. The molecule has 0 unspecified atom stereocenters. The number of halogens is 1. The molecule has 0 atom stereocenters. The van der Waals surface area contributed by atoms with Crippen LogP contribution >= 0.6 is 11.6 Å². The third-order valence-corrected chi connectivity index (χ3v) is 6.59. The van der Waals surface area contributed by atoms with Crippen LogP contribution in [0.5, 0.6) is 5.75 Å². The molecule has 4 rings (SSSR count). The number of nitrogens with one attached hydrogen (secondary N) is 1. The highest BCUT2D eigenvalue weighted by molar-refractivity contribution is 6.30. The third kappa shape index (κ3) is 5.64. The van der Waals surface area contributed by atoms with Crippen LogP contribution in [0.3, 0.4) is 0 Å². The van der Waals surface area contributed by atoms with Crippen molar-refractivity contribution >= 4 is 23.4 Å². The van der Waals surface area contributed by atoms with E-state index < -0.39 is 0 Å². The minimum absolute atomic E-state index is 0.0360. The van der Waals surface area contributed by atoms with Crippen LogP contribution in [-0.2, 0) is 9.59 Å². The molecule has 1 aromatic rings. The molecule has 0 aromatic heterocycles. The number of hydrogen-bond donors (Lipinski definition) is 1. The van der Waals surface area contributed by atoms with Crippen molar-refractivity contribution in [3.05, 3.63) is 29.3 Å². The number of rotatable bonds is 6. The number of nitrogens with zero attached hydrogens (tertiary/aromatic N) is 2. The van der Waals surface area contributed by atoms with E-state index in [0.717, 1.165) is 64.7 Å². The van der Waals surface area contributed by atoms with Crippen molar-refractivity contribution in [3.8, 4) is 5.75 Å². The van der Waals surface area contributed by atoms with Crippen LogP contribution in [0.4, 0.5) is 0 Å². The molecule has 2 saturated heterocycles. The van der Waals surface area contributed by atoms with Crippen LogP contribution in [0, 0.1) is 5.92 Å². The van der Waals surface area contributed by atoms with Crippen molar-refractivity contribution in [1.82, 2.24) is 15.1 Å². The Balaban J connectivity index is 1.16. The molecule has 7 heteroatoms. The summed E-state index contributed by atoms with van der Waals surface area (Å²) in [5, 5.41) is 3.79. The standard InChI is InChI=1S/C22H30ClN3O3/c23-17-1-5-20(6-2-17)29-15-21(27)26-13-9-19(10-14-26)25-11-7-16(8-12-25)22(28)24-18-3-4-18/h1-2,5-6,16,18-19H,3-4,7-15H2,(H,24,28). The van der Waals surface area contributed by atoms with Gasteiger partial charge in [-0.15, -0.1) is 0 Å². The second-order valence-corrected chi connectivity index (χ2v) is 8.88. The quantitative estimate of drug-likeness (QED) is 0.770. The Morgan fingerprint density at radius 2 is 1.62 bits per heavy atom. The summed E-state index contributed by atoms with van der Waals surface area (Å²) in [7, 11) is 0. The lowest BCUT2D eigenvalue weighted by molar-refractivity contribution is -0.135. The van der Waals surface area contributed by atoms with Gasteiger partial charge in [0.15, 0.2) is 6.61 Å². The van der Waals surface area contributed by atoms with Gasteiger partial charge in [-0.25, -0.2) is 0 Å². The van der Waals surface area contributed by atoms with Gasteiger partial charge in [-0.1, -0.05) is 11.6 Å². The summed E-state index contributed by atoms with van der Waals surface area (Å²) in [6, 6.07) is 8.03. The molecule has 1 aliphatic carbocycles. The molecule has 2 amide bonds. The van der Waals surface area contributed by atoms with E-state index in [1.807, 2.05) is 4.90 Å². The zero-order valence-corrected chi connectivity index (χ0v) is 17.6. The largest absolute Gasteiger partial charge is 0.484 e. The number of carbonyl (C=O) groups is 2. The Morgan fingerprint density at radius 1 is 0.966 bits per heavy atom. The fraction of sp³-hybridized carbons (Fsp3) is 0.636. The number of benzene rings is 1. The Labute approximate surface area is 177 Å². The fourth-order valence-corrected chi connectivity index (χ4v) is 4.45. The predicted molar refractivity (Wildman–Crippen MR) is 112 cm³/mol. The van der Waals surface area contributed by atoms with Gasteiger partial charge in [0, 0.05) is 36.1 Å². The van der Waals surface area contributed by atoms with Crippen LogP contribution in [0.2, 0.25) is 5.02 Å². The van der Waals surface area contributed by atoms with Crippen molar-refractivity contribution < 1.29 is 14.3 Å². The first-order valence-corrected chi connectivity index (χ1v) is 11.2. The van der Waals surface area contributed by atoms with Crippen LogP contribution in [0.15, 0.2) is 24.3 Å². The summed E-state index contributed by atoms with van der Waals surface area (Å²) in [6.07, 6.45) is 6.18. The average molecular weight is 420 g/mol. The Kier molecular flexibility index (Phi) is 6.60. The van der Waals surface area contributed by atoms with Gasteiger partial charge in [-0.2, -0.15) is 0 Å². The molecule has 0 bridgehead atoms. The van der Waals surface area contributed by atoms with Crippen molar-refractivity contribution in [2.24, 2.45) is 5.92 Å². The highest BCUT2D eigenvalue weighted by Crippen LogP contribution is 2.26. The molecule has 158 valence electrons. The normalized spacial score (nSPS) is 21.8. The highest BCUT2D eigenvalue weighted by Gasteiger charge is 2.33. The van der Waals surface area contributed by atoms with Crippen LogP contribution < -0.4 is 10.1 Å². The van der Waals surface area contributed by atoms with Crippen LogP contribution in [0.1, 0.15) is 38.5 Å². The first kappa shape index (κ1) is 20.5.